The van der Waals surface area contributed by atoms with Gasteiger partial charge in [-0.2, -0.15) is 0 Å². The SMILES string of the molecule is Cc1cc2cc([C@H](c3nnnn3C3CCCCC3)N3CCN(Cc4ccc5c(c4)OCO5)CC3)c(=O)[nH]c2cc1C. The van der Waals surface area contributed by atoms with E-state index in [1.165, 1.54) is 30.4 Å². The number of nitrogens with one attached hydrogen (secondary N) is 1. The summed E-state index contributed by atoms with van der Waals surface area (Å²) < 4.78 is 13.1. The number of piperazine rings is 1. The molecule has 4 aromatic rings. The van der Waals surface area contributed by atoms with Crippen LogP contribution in [0.15, 0.2) is 41.2 Å². The first-order chi connectivity index (χ1) is 20.0. The Bertz CT molecular complexity index is 1620. The second-order valence-electron chi connectivity index (χ2n) is 11.8. The number of fused-ring (bicyclic) bond motifs is 2. The molecule has 2 fully saturated rings. The van der Waals surface area contributed by atoms with E-state index in [2.05, 4.69) is 74.5 Å². The molecule has 4 heterocycles. The number of rotatable bonds is 6. The number of hydrogen-bond donors (Lipinski definition) is 1. The lowest BCUT2D eigenvalue weighted by Crippen LogP contribution is -2.48. The maximum absolute atomic E-state index is 13.7. The van der Waals surface area contributed by atoms with Crippen LogP contribution in [0.4, 0.5) is 0 Å². The molecule has 2 aromatic heterocycles. The molecule has 10 heteroatoms. The Morgan fingerprint density at radius 1 is 0.951 bits per heavy atom. The van der Waals surface area contributed by atoms with Crippen LogP contribution in [0.3, 0.4) is 0 Å². The molecular formula is C31H37N7O3. The Labute approximate surface area is 239 Å². The highest BCUT2D eigenvalue weighted by Crippen LogP contribution is 2.35. The summed E-state index contributed by atoms with van der Waals surface area (Å²) in [5.74, 6) is 2.40. The van der Waals surface area contributed by atoms with Crippen LogP contribution in [0, 0.1) is 13.8 Å². The molecule has 0 radical (unpaired) electrons. The minimum Gasteiger partial charge on any atom is -0.454 e. The molecule has 1 N–H and O–H groups in total. The molecule has 10 nitrogen and oxygen atoms in total. The van der Waals surface area contributed by atoms with Crippen molar-refractivity contribution in [1.82, 2.24) is 35.0 Å². The zero-order chi connectivity index (χ0) is 27.9. The molecular weight excluding hydrogens is 518 g/mol. The van der Waals surface area contributed by atoms with E-state index in [9.17, 15) is 4.79 Å². The highest BCUT2D eigenvalue weighted by atomic mass is 16.7. The van der Waals surface area contributed by atoms with Gasteiger partial charge in [0, 0.05) is 43.8 Å². The third-order valence-corrected chi connectivity index (χ3v) is 9.08. The lowest BCUT2D eigenvalue weighted by Gasteiger charge is -2.39. The van der Waals surface area contributed by atoms with E-state index in [1.807, 2.05) is 10.7 Å². The van der Waals surface area contributed by atoms with Crippen LogP contribution in [-0.2, 0) is 6.54 Å². The van der Waals surface area contributed by atoms with Gasteiger partial charge in [0.15, 0.2) is 17.3 Å². The number of aromatic amines is 1. The number of aryl methyl sites for hydroxylation is 2. The molecule has 0 spiro atoms. The van der Waals surface area contributed by atoms with Crippen molar-refractivity contribution in [3.8, 4) is 11.5 Å². The number of H-pyrrole nitrogens is 1. The quantitative estimate of drug-likeness (QED) is 0.376. The van der Waals surface area contributed by atoms with Gasteiger partial charge in [0.1, 0.15) is 6.04 Å². The van der Waals surface area contributed by atoms with Gasteiger partial charge in [-0.25, -0.2) is 4.68 Å². The normalized spacial score (nSPS) is 19.2. The van der Waals surface area contributed by atoms with Gasteiger partial charge in [0.2, 0.25) is 6.79 Å². The van der Waals surface area contributed by atoms with Crippen LogP contribution in [0.5, 0.6) is 11.5 Å². The fourth-order valence-electron chi connectivity index (χ4n) is 6.64. The first kappa shape index (κ1) is 26.2. The first-order valence-electron chi connectivity index (χ1n) is 14.8. The number of aromatic nitrogens is 5. The summed E-state index contributed by atoms with van der Waals surface area (Å²) in [5, 5.41) is 14.2. The molecule has 0 unspecified atom stereocenters. The Kier molecular flexibility index (Phi) is 6.96. The molecule has 0 bridgehead atoms. The van der Waals surface area contributed by atoms with Crippen molar-refractivity contribution in [1.29, 1.82) is 0 Å². The van der Waals surface area contributed by atoms with Crippen molar-refractivity contribution < 1.29 is 9.47 Å². The minimum atomic E-state index is -0.325. The van der Waals surface area contributed by atoms with Crippen LogP contribution in [0.1, 0.15) is 72.3 Å². The van der Waals surface area contributed by atoms with E-state index in [0.717, 1.165) is 79.4 Å². The van der Waals surface area contributed by atoms with Crippen molar-refractivity contribution in [2.45, 2.75) is 64.6 Å². The number of benzene rings is 2. The number of nitrogens with zero attached hydrogens (tertiary/aromatic N) is 6. The Balaban J connectivity index is 1.20. The Morgan fingerprint density at radius 2 is 1.73 bits per heavy atom. The molecule has 7 rings (SSSR count). The van der Waals surface area contributed by atoms with Gasteiger partial charge >= 0.3 is 0 Å². The molecule has 2 aliphatic heterocycles. The first-order valence-corrected chi connectivity index (χ1v) is 14.8. The molecule has 2 aromatic carbocycles. The topological polar surface area (TPSA) is 101 Å². The van der Waals surface area contributed by atoms with Gasteiger partial charge in [0.05, 0.1) is 6.04 Å². The second kappa shape index (κ2) is 10.9. The smallest absolute Gasteiger partial charge is 0.253 e. The Morgan fingerprint density at radius 3 is 2.56 bits per heavy atom. The fraction of sp³-hybridized carbons (Fsp3) is 0.484. The molecule has 1 atom stereocenters. The number of hydrogen-bond acceptors (Lipinski definition) is 8. The van der Waals surface area contributed by atoms with E-state index in [-0.39, 0.29) is 24.4 Å². The zero-order valence-electron chi connectivity index (χ0n) is 23.8. The zero-order valence-corrected chi connectivity index (χ0v) is 23.8. The summed E-state index contributed by atoms with van der Waals surface area (Å²) in [7, 11) is 0. The summed E-state index contributed by atoms with van der Waals surface area (Å²) >= 11 is 0. The predicted molar refractivity (Wildman–Crippen MR) is 155 cm³/mol. The van der Waals surface area contributed by atoms with Gasteiger partial charge < -0.3 is 14.5 Å². The maximum Gasteiger partial charge on any atom is 0.253 e. The van der Waals surface area contributed by atoms with E-state index < -0.39 is 0 Å². The van der Waals surface area contributed by atoms with Crippen molar-refractivity contribution >= 4 is 10.9 Å². The van der Waals surface area contributed by atoms with Crippen LogP contribution in [0.2, 0.25) is 0 Å². The molecule has 1 aliphatic carbocycles. The average molecular weight is 556 g/mol. The van der Waals surface area contributed by atoms with E-state index in [1.54, 1.807) is 0 Å². The predicted octanol–water partition coefficient (Wildman–Crippen LogP) is 4.27. The fourth-order valence-corrected chi connectivity index (χ4v) is 6.64. The molecule has 41 heavy (non-hydrogen) atoms. The minimum absolute atomic E-state index is 0.0771. The average Bonchev–Trinajstić information content (AvgIpc) is 3.66. The maximum atomic E-state index is 13.7. The third kappa shape index (κ3) is 5.10. The van der Waals surface area contributed by atoms with Gasteiger partial charge in [0.25, 0.3) is 5.56 Å². The van der Waals surface area contributed by atoms with Crippen molar-refractivity contribution in [2.24, 2.45) is 0 Å². The van der Waals surface area contributed by atoms with Crippen molar-refractivity contribution in [3.63, 3.8) is 0 Å². The van der Waals surface area contributed by atoms with Gasteiger partial charge in [-0.3, -0.25) is 14.6 Å². The van der Waals surface area contributed by atoms with Gasteiger partial charge in [-0.05, 0) is 89.5 Å². The van der Waals surface area contributed by atoms with E-state index >= 15 is 0 Å². The van der Waals surface area contributed by atoms with Crippen LogP contribution >= 0.6 is 0 Å². The second-order valence-corrected chi connectivity index (χ2v) is 11.8. The number of ether oxygens (including phenoxy) is 2. The molecule has 214 valence electrons. The van der Waals surface area contributed by atoms with E-state index in [4.69, 9.17) is 9.47 Å². The van der Waals surface area contributed by atoms with Crippen LogP contribution < -0.4 is 15.0 Å². The van der Waals surface area contributed by atoms with Crippen LogP contribution in [-0.4, -0.2) is 68.0 Å². The number of tetrazole rings is 1. The lowest BCUT2D eigenvalue weighted by atomic mass is 9.95. The summed E-state index contributed by atoms with van der Waals surface area (Å²) in [6.07, 6.45) is 5.76. The molecule has 1 saturated heterocycles. The van der Waals surface area contributed by atoms with Crippen LogP contribution in [0.25, 0.3) is 10.9 Å². The Hall–Kier alpha value is -3.76. The summed E-state index contributed by atoms with van der Waals surface area (Å²) in [5.41, 5.74) is 5.07. The molecule has 0 amide bonds. The summed E-state index contributed by atoms with van der Waals surface area (Å²) in [6.45, 7) is 8.66. The largest absolute Gasteiger partial charge is 0.454 e. The van der Waals surface area contributed by atoms with E-state index in [0.29, 0.717) is 5.56 Å². The molecule has 3 aliphatic rings. The molecule has 1 saturated carbocycles. The third-order valence-electron chi connectivity index (χ3n) is 9.08. The van der Waals surface area contributed by atoms with Gasteiger partial charge in [-0.15, -0.1) is 5.10 Å². The summed E-state index contributed by atoms with van der Waals surface area (Å²) in [4.78, 5) is 21.7. The number of pyridine rings is 1. The highest BCUT2D eigenvalue weighted by molar-refractivity contribution is 5.81. The van der Waals surface area contributed by atoms with Crippen molar-refractivity contribution in [3.05, 3.63) is 74.8 Å². The summed E-state index contributed by atoms with van der Waals surface area (Å²) in [6, 6.07) is 12.4. The monoisotopic (exact) mass is 555 g/mol. The highest BCUT2D eigenvalue weighted by Gasteiger charge is 2.34. The lowest BCUT2D eigenvalue weighted by molar-refractivity contribution is 0.0982. The van der Waals surface area contributed by atoms with Crippen molar-refractivity contribution in [2.75, 3.05) is 33.0 Å². The van der Waals surface area contributed by atoms with Gasteiger partial charge in [-0.1, -0.05) is 25.3 Å². The standard InChI is InChI=1S/C31H37N7O3/c1-20-14-23-17-25(31(39)32-26(23)15-21(20)2)29(30-33-34-35-38(30)24-6-4-3-5-7-24)37-12-10-36(11-13-37)18-22-8-9-27-28(16-22)41-19-40-27/h8-9,14-17,24,29H,3-7,10-13,18-19H2,1-2H3,(H,32,39)/t29-/m1/s1.